The maximum atomic E-state index is 14.4. The van der Waals surface area contributed by atoms with Crippen molar-refractivity contribution in [2.45, 2.75) is 32.6 Å². The van der Waals surface area contributed by atoms with Gasteiger partial charge in [0.15, 0.2) is 0 Å². The fourth-order valence-corrected chi connectivity index (χ4v) is 6.85. The predicted octanol–water partition coefficient (Wildman–Crippen LogP) is 6.56. The van der Waals surface area contributed by atoms with E-state index in [0.29, 0.717) is 63.7 Å². The molecular weight excluding hydrogens is 577 g/mol. The van der Waals surface area contributed by atoms with Crippen LogP contribution in [0.2, 0.25) is 0 Å². The first-order valence-corrected chi connectivity index (χ1v) is 15.5. The fourth-order valence-electron chi connectivity index (χ4n) is 6.85. The van der Waals surface area contributed by atoms with Gasteiger partial charge >= 0.3 is 6.18 Å². The van der Waals surface area contributed by atoms with Gasteiger partial charge in [-0.1, -0.05) is 72.8 Å². The third-order valence-electron chi connectivity index (χ3n) is 9.05. The second kappa shape index (κ2) is 13.1. The van der Waals surface area contributed by atoms with Crippen molar-refractivity contribution in [3.05, 3.63) is 124 Å². The molecular formula is C36H39F3N4O2. The lowest BCUT2D eigenvalue weighted by molar-refractivity contribution is -0.137. The topological polar surface area (TPSA) is 41.0 Å². The van der Waals surface area contributed by atoms with Crippen molar-refractivity contribution in [1.29, 1.82) is 0 Å². The summed E-state index contributed by atoms with van der Waals surface area (Å²) in [4.78, 5) is 20.9. The Kier molecular flexibility index (Phi) is 9.01. The maximum absolute atomic E-state index is 14.4. The van der Waals surface area contributed by atoms with Gasteiger partial charge in [0.05, 0.1) is 30.5 Å². The van der Waals surface area contributed by atoms with E-state index in [0.717, 1.165) is 23.0 Å². The van der Waals surface area contributed by atoms with E-state index in [4.69, 9.17) is 4.74 Å². The van der Waals surface area contributed by atoms with Gasteiger partial charge in [-0.2, -0.15) is 13.2 Å². The largest absolute Gasteiger partial charge is 0.416 e. The first kappa shape index (κ1) is 30.9. The van der Waals surface area contributed by atoms with E-state index in [1.807, 2.05) is 35.4 Å². The lowest BCUT2D eigenvalue weighted by Gasteiger charge is -2.40. The smallest absolute Gasteiger partial charge is 0.378 e. The number of amides is 1. The van der Waals surface area contributed by atoms with Crippen LogP contribution in [0, 0.1) is 13.8 Å². The number of alkyl halides is 3. The number of benzene rings is 3. The molecule has 0 bridgehead atoms. The molecule has 2 fully saturated rings. The summed E-state index contributed by atoms with van der Waals surface area (Å²) in [5, 5.41) is 0. The molecule has 0 aliphatic carbocycles. The number of rotatable bonds is 7. The fraction of sp³-hybridized carbons (Fsp3) is 0.361. The summed E-state index contributed by atoms with van der Waals surface area (Å²) in [5.74, 6) is -0.0855. The highest BCUT2D eigenvalue weighted by Crippen LogP contribution is 2.35. The molecule has 3 heterocycles. The third kappa shape index (κ3) is 6.51. The molecule has 6 rings (SSSR count). The number of carbonyl (C=O) groups excluding carboxylic acids is 1. The molecule has 236 valence electrons. The van der Waals surface area contributed by atoms with Crippen molar-refractivity contribution in [1.82, 2.24) is 14.4 Å². The van der Waals surface area contributed by atoms with Gasteiger partial charge in [0, 0.05) is 57.1 Å². The van der Waals surface area contributed by atoms with Crippen LogP contribution in [-0.2, 0) is 17.5 Å². The molecule has 1 amide bonds. The Labute approximate surface area is 262 Å². The van der Waals surface area contributed by atoms with Crippen molar-refractivity contribution in [2.75, 3.05) is 57.4 Å². The van der Waals surface area contributed by atoms with Crippen LogP contribution >= 0.6 is 0 Å². The molecule has 0 unspecified atom stereocenters. The number of halogens is 3. The second-order valence-corrected chi connectivity index (χ2v) is 11.8. The molecule has 4 aromatic rings. The number of hydrogen-bond donors (Lipinski definition) is 0. The highest BCUT2D eigenvalue weighted by Gasteiger charge is 2.34. The number of nitrogens with zero attached hydrogens (tertiary/aromatic N) is 4. The van der Waals surface area contributed by atoms with Gasteiger partial charge in [-0.05, 0) is 42.7 Å². The highest BCUT2D eigenvalue weighted by atomic mass is 19.4. The van der Waals surface area contributed by atoms with Crippen LogP contribution in [0.25, 0.3) is 0 Å². The lowest BCUT2D eigenvalue weighted by Crippen LogP contribution is -2.50. The van der Waals surface area contributed by atoms with Crippen LogP contribution in [0.4, 0.5) is 18.9 Å². The monoisotopic (exact) mass is 616 g/mol. The van der Waals surface area contributed by atoms with E-state index in [1.54, 1.807) is 6.07 Å². The standard InChI is InChI=1S/C36H39F3N4O2/c1-26-32(41-20-22-45-23-21-41)27(2)43(25-28-10-9-15-31(24-28)36(37,38)39)33(26)35(44)42-18-16-40(17-19-42)34(29-11-5-3-6-12-29)30-13-7-4-8-14-30/h3-15,24,34H,16-23,25H2,1-2H3. The number of morpholine rings is 1. The molecule has 3 aromatic carbocycles. The molecule has 0 spiro atoms. The number of ether oxygens (including phenoxy) is 1. The Balaban J connectivity index is 1.29. The number of hydrogen-bond acceptors (Lipinski definition) is 4. The van der Waals surface area contributed by atoms with Crippen LogP contribution < -0.4 is 4.90 Å². The molecule has 0 saturated carbocycles. The zero-order valence-corrected chi connectivity index (χ0v) is 25.8. The first-order valence-electron chi connectivity index (χ1n) is 15.5. The minimum atomic E-state index is -4.44. The van der Waals surface area contributed by atoms with Gasteiger partial charge in [0.25, 0.3) is 5.91 Å². The summed E-state index contributed by atoms with van der Waals surface area (Å²) in [7, 11) is 0. The molecule has 2 saturated heterocycles. The quantitative estimate of drug-likeness (QED) is 0.236. The van der Waals surface area contributed by atoms with Crippen LogP contribution in [0.15, 0.2) is 84.9 Å². The maximum Gasteiger partial charge on any atom is 0.416 e. The summed E-state index contributed by atoms with van der Waals surface area (Å²) in [6.07, 6.45) is -4.44. The minimum Gasteiger partial charge on any atom is -0.378 e. The zero-order valence-electron chi connectivity index (χ0n) is 25.8. The average Bonchev–Trinajstić information content (AvgIpc) is 3.30. The summed E-state index contributed by atoms with van der Waals surface area (Å²) in [5.41, 5.74) is 5.49. The van der Waals surface area contributed by atoms with E-state index in [9.17, 15) is 18.0 Å². The third-order valence-corrected chi connectivity index (χ3v) is 9.05. The Hall–Kier alpha value is -4.08. The van der Waals surface area contributed by atoms with E-state index in [1.165, 1.54) is 23.3 Å². The molecule has 0 atom stereocenters. The van der Waals surface area contributed by atoms with Crippen molar-refractivity contribution < 1.29 is 22.7 Å². The van der Waals surface area contributed by atoms with Crippen LogP contribution in [0.3, 0.4) is 0 Å². The molecule has 6 nitrogen and oxygen atoms in total. The summed E-state index contributed by atoms with van der Waals surface area (Å²) < 4.78 is 48.2. The first-order chi connectivity index (χ1) is 21.7. The predicted molar refractivity (Wildman–Crippen MR) is 170 cm³/mol. The van der Waals surface area contributed by atoms with Crippen LogP contribution in [0.1, 0.15) is 50.0 Å². The Bertz CT molecular complexity index is 1570. The number of anilines is 1. The van der Waals surface area contributed by atoms with Crippen molar-refractivity contribution in [3.63, 3.8) is 0 Å². The summed E-state index contributed by atoms with van der Waals surface area (Å²) in [6, 6.07) is 26.3. The van der Waals surface area contributed by atoms with E-state index in [-0.39, 0.29) is 18.5 Å². The molecule has 1 aromatic heterocycles. The van der Waals surface area contributed by atoms with E-state index in [2.05, 4.69) is 58.3 Å². The van der Waals surface area contributed by atoms with Gasteiger partial charge in [-0.3, -0.25) is 9.69 Å². The van der Waals surface area contributed by atoms with Crippen molar-refractivity contribution in [2.24, 2.45) is 0 Å². The minimum absolute atomic E-state index is 0.0753. The normalized spacial score (nSPS) is 16.4. The van der Waals surface area contributed by atoms with Gasteiger partial charge in [0.2, 0.25) is 0 Å². The highest BCUT2D eigenvalue weighted by molar-refractivity contribution is 5.97. The summed E-state index contributed by atoms with van der Waals surface area (Å²) >= 11 is 0. The Morgan fingerprint density at radius 3 is 1.98 bits per heavy atom. The molecule has 2 aliphatic heterocycles. The number of carbonyl (C=O) groups is 1. The van der Waals surface area contributed by atoms with E-state index >= 15 is 0 Å². The van der Waals surface area contributed by atoms with Crippen molar-refractivity contribution in [3.8, 4) is 0 Å². The van der Waals surface area contributed by atoms with Crippen molar-refractivity contribution >= 4 is 11.6 Å². The molecule has 45 heavy (non-hydrogen) atoms. The summed E-state index contributed by atoms with van der Waals surface area (Å²) in [6.45, 7) is 9.17. The molecule has 0 N–H and O–H groups in total. The van der Waals surface area contributed by atoms with Crippen LogP contribution in [-0.4, -0.2) is 72.8 Å². The number of aromatic nitrogens is 1. The zero-order chi connectivity index (χ0) is 31.6. The molecule has 0 radical (unpaired) electrons. The van der Waals surface area contributed by atoms with E-state index < -0.39 is 11.7 Å². The SMILES string of the molecule is Cc1c(N2CCOCC2)c(C)n(Cc2cccc(C(F)(F)F)c2)c1C(=O)N1CCN(C(c2ccccc2)c2ccccc2)CC1. The van der Waals surface area contributed by atoms with Gasteiger partial charge in [0.1, 0.15) is 5.69 Å². The van der Waals surface area contributed by atoms with Gasteiger partial charge in [-0.15, -0.1) is 0 Å². The number of piperazine rings is 1. The Morgan fingerprint density at radius 2 is 1.40 bits per heavy atom. The molecule has 9 heteroatoms. The molecule has 2 aliphatic rings. The Morgan fingerprint density at radius 1 is 0.800 bits per heavy atom. The second-order valence-electron chi connectivity index (χ2n) is 11.8. The van der Waals surface area contributed by atoms with Gasteiger partial charge in [-0.25, -0.2) is 0 Å². The average molecular weight is 617 g/mol. The van der Waals surface area contributed by atoms with Gasteiger partial charge < -0.3 is 19.1 Å². The van der Waals surface area contributed by atoms with Crippen LogP contribution in [0.5, 0.6) is 0 Å². The lowest BCUT2D eigenvalue weighted by atomic mass is 9.96.